The van der Waals surface area contributed by atoms with Crippen LogP contribution in [0, 0.1) is 18.3 Å². The Morgan fingerprint density at radius 1 is 1.62 bits per heavy atom. The molecule has 0 bridgehead atoms. The largest absolute Gasteiger partial charge is 0.394 e. The van der Waals surface area contributed by atoms with Crippen molar-refractivity contribution >= 4 is 11.3 Å². The van der Waals surface area contributed by atoms with Crippen LogP contribution in [0.15, 0.2) is 12.4 Å². The maximum absolute atomic E-state index is 14.5. The first kappa shape index (κ1) is 13.8. The Kier molecular flexibility index (Phi) is 3.27. The number of rotatable bonds is 2. The summed E-state index contributed by atoms with van der Waals surface area (Å²) in [7, 11) is 0. The number of anilines is 1. The molecule has 3 rings (SSSR count). The molecule has 0 unspecified atom stereocenters. The van der Waals surface area contributed by atoms with Crippen LogP contribution in [0.4, 0.5) is 10.2 Å². The quantitative estimate of drug-likeness (QED) is 0.795. The standard InChI is InChI=1S/C14H15FN4O2/c1-3-8-4-9(19-12(8)14(16)17-6-18-19)13-11(15)7(2)10(5-20)21-13/h1,4,6-7,10-11,13,20H,5H2,2H3,(H2,16,17,18)/t7-,10-,11+,13+/m1/s1. The van der Waals surface area contributed by atoms with E-state index in [1.807, 2.05) is 0 Å². The predicted molar refractivity (Wildman–Crippen MR) is 74.1 cm³/mol. The first-order valence-corrected chi connectivity index (χ1v) is 6.57. The number of halogens is 1. The molecule has 3 N–H and O–H groups in total. The summed E-state index contributed by atoms with van der Waals surface area (Å²) >= 11 is 0. The minimum atomic E-state index is -1.26. The third kappa shape index (κ3) is 1.95. The molecular formula is C14H15FN4O2. The van der Waals surface area contributed by atoms with Crippen molar-refractivity contribution in [3.63, 3.8) is 0 Å². The minimum absolute atomic E-state index is 0.226. The molecule has 4 atom stereocenters. The van der Waals surface area contributed by atoms with E-state index in [9.17, 15) is 9.50 Å². The molecule has 0 aromatic carbocycles. The number of ether oxygens (including phenoxy) is 1. The molecule has 21 heavy (non-hydrogen) atoms. The summed E-state index contributed by atoms with van der Waals surface area (Å²) in [5.74, 6) is 2.31. The number of nitrogen functional groups attached to an aromatic ring is 1. The average molecular weight is 290 g/mol. The van der Waals surface area contributed by atoms with Gasteiger partial charge in [0.15, 0.2) is 5.82 Å². The normalized spacial score (nSPS) is 28.9. The van der Waals surface area contributed by atoms with Crippen LogP contribution in [-0.2, 0) is 4.74 Å². The molecule has 0 aliphatic carbocycles. The van der Waals surface area contributed by atoms with Crippen LogP contribution >= 0.6 is 0 Å². The molecule has 0 amide bonds. The number of alkyl halides is 1. The van der Waals surface area contributed by atoms with Gasteiger partial charge in [0.1, 0.15) is 24.1 Å². The van der Waals surface area contributed by atoms with Gasteiger partial charge in [-0.25, -0.2) is 13.9 Å². The molecule has 7 heteroatoms. The lowest BCUT2D eigenvalue weighted by Crippen LogP contribution is -2.21. The molecule has 1 saturated heterocycles. The lowest BCUT2D eigenvalue weighted by atomic mass is 9.99. The Hall–Kier alpha value is -2.17. The molecule has 1 aliphatic heterocycles. The Morgan fingerprint density at radius 2 is 2.38 bits per heavy atom. The summed E-state index contributed by atoms with van der Waals surface area (Å²) in [6.45, 7) is 1.47. The number of hydrogen-bond acceptors (Lipinski definition) is 5. The van der Waals surface area contributed by atoms with E-state index < -0.39 is 24.3 Å². The number of fused-ring (bicyclic) bond motifs is 1. The second-order valence-electron chi connectivity index (χ2n) is 5.11. The van der Waals surface area contributed by atoms with Gasteiger partial charge in [-0.3, -0.25) is 0 Å². The Bertz CT molecular complexity index is 724. The number of nitrogens with two attached hydrogens (primary N) is 1. The van der Waals surface area contributed by atoms with Gasteiger partial charge in [0.2, 0.25) is 0 Å². The van der Waals surface area contributed by atoms with Gasteiger partial charge in [0.25, 0.3) is 0 Å². The minimum Gasteiger partial charge on any atom is -0.394 e. The summed E-state index contributed by atoms with van der Waals surface area (Å²) < 4.78 is 21.5. The lowest BCUT2D eigenvalue weighted by Gasteiger charge is -2.13. The van der Waals surface area contributed by atoms with Crippen molar-refractivity contribution in [3.8, 4) is 12.3 Å². The highest BCUT2D eigenvalue weighted by atomic mass is 19.1. The van der Waals surface area contributed by atoms with E-state index >= 15 is 0 Å². The van der Waals surface area contributed by atoms with Crippen LogP contribution in [0.1, 0.15) is 24.3 Å². The molecule has 6 nitrogen and oxygen atoms in total. The number of hydrogen-bond donors (Lipinski definition) is 2. The summed E-state index contributed by atoms with van der Waals surface area (Å²) in [6.07, 6.45) is 4.08. The summed E-state index contributed by atoms with van der Waals surface area (Å²) in [6, 6.07) is 1.63. The van der Waals surface area contributed by atoms with Gasteiger partial charge in [0, 0.05) is 5.92 Å². The van der Waals surface area contributed by atoms with Crippen LogP contribution in [-0.4, -0.2) is 38.6 Å². The zero-order valence-corrected chi connectivity index (χ0v) is 11.4. The van der Waals surface area contributed by atoms with Crippen LogP contribution in [0.25, 0.3) is 5.52 Å². The topological polar surface area (TPSA) is 85.7 Å². The summed E-state index contributed by atoms with van der Waals surface area (Å²) in [5, 5.41) is 13.3. The smallest absolute Gasteiger partial charge is 0.152 e. The van der Waals surface area contributed by atoms with Crippen molar-refractivity contribution < 1.29 is 14.2 Å². The maximum Gasteiger partial charge on any atom is 0.152 e. The average Bonchev–Trinajstić information content (AvgIpc) is 2.99. The fourth-order valence-corrected chi connectivity index (χ4v) is 2.72. The Balaban J connectivity index is 2.14. The molecule has 0 saturated carbocycles. The molecule has 3 heterocycles. The van der Waals surface area contributed by atoms with Gasteiger partial charge in [-0.15, -0.1) is 6.42 Å². The van der Waals surface area contributed by atoms with Crippen molar-refractivity contribution in [3.05, 3.63) is 23.7 Å². The van der Waals surface area contributed by atoms with E-state index in [4.69, 9.17) is 16.9 Å². The molecular weight excluding hydrogens is 275 g/mol. The number of aliphatic hydroxyl groups is 1. The fourth-order valence-electron chi connectivity index (χ4n) is 2.72. The monoisotopic (exact) mass is 290 g/mol. The second-order valence-corrected chi connectivity index (χ2v) is 5.11. The molecule has 1 fully saturated rings. The van der Waals surface area contributed by atoms with Crippen LogP contribution in [0.2, 0.25) is 0 Å². The van der Waals surface area contributed by atoms with Gasteiger partial charge < -0.3 is 15.6 Å². The highest BCUT2D eigenvalue weighted by molar-refractivity contribution is 5.75. The maximum atomic E-state index is 14.5. The fraction of sp³-hybridized carbons (Fsp3) is 0.429. The molecule has 110 valence electrons. The van der Waals surface area contributed by atoms with Crippen molar-refractivity contribution in [2.24, 2.45) is 5.92 Å². The Labute approximate surface area is 120 Å². The SMILES string of the molecule is C#Cc1cc([C@@H]2O[C@H](CO)[C@@H](C)[C@@H]2F)n2ncnc(N)c12. The highest BCUT2D eigenvalue weighted by Crippen LogP contribution is 2.40. The number of aromatic nitrogens is 3. The van der Waals surface area contributed by atoms with Gasteiger partial charge in [-0.05, 0) is 6.07 Å². The number of nitrogens with zero attached hydrogens (tertiary/aromatic N) is 3. The molecule has 2 aromatic rings. The van der Waals surface area contributed by atoms with Crippen LogP contribution < -0.4 is 5.73 Å². The summed E-state index contributed by atoms with van der Waals surface area (Å²) in [4.78, 5) is 3.90. The predicted octanol–water partition coefficient (Wildman–Crippen LogP) is 0.699. The second kappa shape index (κ2) is 4.98. The molecule has 2 aromatic heterocycles. The van der Waals surface area contributed by atoms with Crippen LogP contribution in [0.3, 0.4) is 0 Å². The first-order valence-electron chi connectivity index (χ1n) is 6.57. The third-order valence-electron chi connectivity index (χ3n) is 3.94. The zero-order chi connectivity index (χ0) is 15.1. The molecule has 0 radical (unpaired) electrons. The highest BCUT2D eigenvalue weighted by Gasteiger charge is 2.44. The first-order chi connectivity index (χ1) is 10.1. The van der Waals surface area contributed by atoms with E-state index in [0.29, 0.717) is 16.8 Å². The van der Waals surface area contributed by atoms with E-state index in [2.05, 4.69) is 16.0 Å². The van der Waals surface area contributed by atoms with E-state index in [1.54, 1.807) is 13.0 Å². The Morgan fingerprint density at radius 3 is 3.00 bits per heavy atom. The van der Waals surface area contributed by atoms with Gasteiger partial charge in [-0.1, -0.05) is 12.8 Å². The van der Waals surface area contributed by atoms with E-state index in [0.717, 1.165) is 0 Å². The number of terminal acetylenes is 1. The van der Waals surface area contributed by atoms with Gasteiger partial charge in [-0.2, -0.15) is 5.10 Å². The van der Waals surface area contributed by atoms with Gasteiger partial charge >= 0.3 is 0 Å². The molecule has 1 aliphatic rings. The van der Waals surface area contributed by atoms with E-state index in [1.165, 1.54) is 10.8 Å². The zero-order valence-electron chi connectivity index (χ0n) is 11.4. The van der Waals surface area contributed by atoms with Gasteiger partial charge in [0.05, 0.1) is 24.0 Å². The van der Waals surface area contributed by atoms with Crippen molar-refractivity contribution in [2.75, 3.05) is 12.3 Å². The van der Waals surface area contributed by atoms with Crippen LogP contribution in [0.5, 0.6) is 0 Å². The summed E-state index contributed by atoms with van der Waals surface area (Å²) in [5.41, 5.74) is 7.24. The van der Waals surface area contributed by atoms with Crippen molar-refractivity contribution in [1.82, 2.24) is 14.6 Å². The lowest BCUT2D eigenvalue weighted by molar-refractivity contribution is -0.00712. The number of aliphatic hydroxyl groups excluding tert-OH is 1. The van der Waals surface area contributed by atoms with Crippen molar-refractivity contribution in [1.29, 1.82) is 0 Å². The van der Waals surface area contributed by atoms with E-state index in [-0.39, 0.29) is 12.4 Å². The molecule has 0 spiro atoms. The van der Waals surface area contributed by atoms with Crippen molar-refractivity contribution in [2.45, 2.75) is 25.3 Å². The third-order valence-corrected chi connectivity index (χ3v) is 3.94.